The van der Waals surface area contributed by atoms with Gasteiger partial charge in [0.25, 0.3) is 0 Å². The van der Waals surface area contributed by atoms with Gasteiger partial charge in [-0.3, -0.25) is 0 Å². The van der Waals surface area contributed by atoms with Crippen molar-refractivity contribution in [1.29, 1.82) is 5.26 Å². The van der Waals surface area contributed by atoms with Gasteiger partial charge in [0.05, 0.1) is 12.2 Å². The minimum atomic E-state index is 0.390. The number of aromatic nitrogens is 2. The maximum absolute atomic E-state index is 9.39. The molecular weight excluding hydrogens is 350 g/mol. The van der Waals surface area contributed by atoms with Gasteiger partial charge in [-0.2, -0.15) is 10.4 Å². The van der Waals surface area contributed by atoms with E-state index in [9.17, 15) is 5.26 Å². The van der Waals surface area contributed by atoms with E-state index >= 15 is 0 Å². The second-order valence-corrected chi connectivity index (χ2v) is 6.71. The van der Waals surface area contributed by atoms with Crippen molar-refractivity contribution in [1.82, 2.24) is 9.78 Å². The first-order chi connectivity index (χ1) is 10.2. The van der Waals surface area contributed by atoms with Crippen LogP contribution in [0.1, 0.15) is 48.4 Å². The van der Waals surface area contributed by atoms with Crippen molar-refractivity contribution in [2.75, 3.05) is 0 Å². The molecule has 0 saturated heterocycles. The van der Waals surface area contributed by atoms with E-state index in [0.717, 1.165) is 28.6 Å². The molecule has 0 radical (unpaired) electrons. The Kier molecular flexibility index (Phi) is 4.32. The normalized spacial score (nSPS) is 15.3. The zero-order valence-corrected chi connectivity index (χ0v) is 13.9. The van der Waals surface area contributed by atoms with E-state index in [1.165, 1.54) is 12.8 Å². The Morgan fingerprint density at radius 2 is 2.14 bits per heavy atom. The van der Waals surface area contributed by atoms with Gasteiger partial charge in [0.15, 0.2) is 0 Å². The second-order valence-electron chi connectivity index (χ2n) is 5.43. The minimum Gasteiger partial charge on any atom is -0.248 e. The molecule has 0 spiro atoms. The molecule has 0 unspecified atom stereocenters. The maximum atomic E-state index is 9.39. The Hall–Kier alpha value is -1.31. The quantitative estimate of drug-likeness (QED) is 0.779. The predicted octanol–water partition coefficient (Wildman–Crippen LogP) is 4.88. The second kappa shape index (κ2) is 6.21. The number of nitriles is 1. The van der Waals surface area contributed by atoms with E-state index < -0.39 is 0 Å². The molecular formula is C16H15BrClN3. The summed E-state index contributed by atoms with van der Waals surface area (Å²) < 4.78 is 2.77. The van der Waals surface area contributed by atoms with Crippen LogP contribution in [0.4, 0.5) is 0 Å². The average molecular weight is 365 g/mol. The van der Waals surface area contributed by atoms with Gasteiger partial charge in [0, 0.05) is 10.4 Å². The standard InChI is InChI=1S/C16H15BrClN3/c17-13-7-3-4-11(8-13)10-21-16(18)14(9-19)15(20-21)12-5-1-2-6-12/h3-4,7-8,12H,1-2,5-6,10H2. The molecule has 1 aromatic carbocycles. The van der Waals surface area contributed by atoms with Crippen LogP contribution in [-0.4, -0.2) is 9.78 Å². The summed E-state index contributed by atoms with van der Waals surface area (Å²) in [7, 11) is 0. The number of rotatable bonds is 3. The van der Waals surface area contributed by atoms with Crippen molar-refractivity contribution < 1.29 is 0 Å². The van der Waals surface area contributed by atoms with Gasteiger partial charge in [-0.05, 0) is 30.5 Å². The average Bonchev–Trinajstić information content (AvgIpc) is 3.08. The van der Waals surface area contributed by atoms with Gasteiger partial charge in [0.1, 0.15) is 16.8 Å². The first-order valence-corrected chi connectivity index (χ1v) is 8.27. The largest absolute Gasteiger partial charge is 0.248 e. The summed E-state index contributed by atoms with van der Waals surface area (Å²) in [4.78, 5) is 0. The molecule has 1 aliphatic carbocycles. The molecule has 1 aliphatic rings. The molecule has 108 valence electrons. The highest BCUT2D eigenvalue weighted by Gasteiger charge is 2.26. The number of hydrogen-bond acceptors (Lipinski definition) is 2. The third-order valence-electron chi connectivity index (χ3n) is 3.99. The molecule has 0 aliphatic heterocycles. The third-order valence-corrected chi connectivity index (χ3v) is 4.87. The van der Waals surface area contributed by atoms with Gasteiger partial charge in [-0.1, -0.05) is 52.5 Å². The predicted molar refractivity (Wildman–Crippen MR) is 86.4 cm³/mol. The molecule has 3 nitrogen and oxygen atoms in total. The maximum Gasteiger partial charge on any atom is 0.145 e. The highest BCUT2D eigenvalue weighted by atomic mass is 79.9. The molecule has 5 heteroatoms. The van der Waals surface area contributed by atoms with Gasteiger partial charge in [-0.15, -0.1) is 0 Å². The van der Waals surface area contributed by atoms with Crippen LogP contribution in [-0.2, 0) is 6.54 Å². The molecule has 0 atom stereocenters. The SMILES string of the molecule is N#Cc1c(C2CCCC2)nn(Cc2cccc(Br)c2)c1Cl. The van der Waals surface area contributed by atoms with Crippen LogP contribution >= 0.6 is 27.5 Å². The molecule has 0 N–H and O–H groups in total. The summed E-state index contributed by atoms with van der Waals surface area (Å²) >= 11 is 9.83. The summed E-state index contributed by atoms with van der Waals surface area (Å²) in [6.07, 6.45) is 4.65. The molecule has 1 saturated carbocycles. The van der Waals surface area contributed by atoms with Crippen molar-refractivity contribution in [3.63, 3.8) is 0 Å². The summed E-state index contributed by atoms with van der Waals surface area (Å²) in [5, 5.41) is 14.5. The first kappa shape index (κ1) is 14.6. The van der Waals surface area contributed by atoms with E-state index in [-0.39, 0.29) is 0 Å². The lowest BCUT2D eigenvalue weighted by molar-refractivity contribution is 0.629. The van der Waals surface area contributed by atoms with Crippen molar-refractivity contribution in [2.24, 2.45) is 0 Å². The molecule has 1 aromatic heterocycles. The lowest BCUT2D eigenvalue weighted by Crippen LogP contribution is -2.03. The Morgan fingerprint density at radius 1 is 1.38 bits per heavy atom. The van der Waals surface area contributed by atoms with Crippen molar-refractivity contribution in [3.05, 3.63) is 50.7 Å². The summed E-state index contributed by atoms with van der Waals surface area (Å²) in [6, 6.07) is 10.3. The van der Waals surface area contributed by atoms with Crippen LogP contribution in [0.15, 0.2) is 28.7 Å². The van der Waals surface area contributed by atoms with Crippen LogP contribution in [0.2, 0.25) is 5.15 Å². The first-order valence-electron chi connectivity index (χ1n) is 7.10. The van der Waals surface area contributed by atoms with Crippen LogP contribution in [0.25, 0.3) is 0 Å². The molecule has 3 rings (SSSR count). The zero-order valence-electron chi connectivity index (χ0n) is 11.5. The summed E-state index contributed by atoms with van der Waals surface area (Å²) in [5.41, 5.74) is 2.55. The van der Waals surface area contributed by atoms with Crippen LogP contribution in [0.5, 0.6) is 0 Å². The summed E-state index contributed by atoms with van der Waals surface area (Å²) in [5.74, 6) is 0.390. The highest BCUT2D eigenvalue weighted by molar-refractivity contribution is 9.10. The third kappa shape index (κ3) is 3.00. The van der Waals surface area contributed by atoms with Gasteiger partial charge >= 0.3 is 0 Å². The molecule has 0 bridgehead atoms. The smallest absolute Gasteiger partial charge is 0.145 e. The fourth-order valence-electron chi connectivity index (χ4n) is 2.96. The van der Waals surface area contributed by atoms with Crippen LogP contribution < -0.4 is 0 Å². The molecule has 21 heavy (non-hydrogen) atoms. The van der Waals surface area contributed by atoms with E-state index in [1.54, 1.807) is 4.68 Å². The fraction of sp³-hybridized carbons (Fsp3) is 0.375. The molecule has 1 fully saturated rings. The van der Waals surface area contributed by atoms with E-state index in [0.29, 0.717) is 23.2 Å². The number of nitrogens with zero attached hydrogens (tertiary/aromatic N) is 3. The monoisotopic (exact) mass is 363 g/mol. The van der Waals surface area contributed by atoms with Crippen molar-refractivity contribution in [2.45, 2.75) is 38.1 Å². The number of halogens is 2. The topological polar surface area (TPSA) is 41.6 Å². The van der Waals surface area contributed by atoms with E-state index in [1.807, 2.05) is 24.3 Å². The van der Waals surface area contributed by atoms with Crippen molar-refractivity contribution in [3.8, 4) is 6.07 Å². The van der Waals surface area contributed by atoms with E-state index in [4.69, 9.17) is 11.6 Å². The number of hydrogen-bond donors (Lipinski definition) is 0. The van der Waals surface area contributed by atoms with Crippen molar-refractivity contribution >= 4 is 27.5 Å². The summed E-state index contributed by atoms with van der Waals surface area (Å²) in [6.45, 7) is 0.583. The lowest BCUT2D eigenvalue weighted by Gasteiger charge is -2.05. The van der Waals surface area contributed by atoms with Gasteiger partial charge in [-0.25, -0.2) is 4.68 Å². The Labute approximate surface area is 137 Å². The van der Waals surface area contributed by atoms with Gasteiger partial charge < -0.3 is 0 Å². The fourth-order valence-corrected chi connectivity index (χ4v) is 3.64. The molecule has 0 amide bonds. The molecule has 1 heterocycles. The minimum absolute atomic E-state index is 0.390. The highest BCUT2D eigenvalue weighted by Crippen LogP contribution is 2.37. The van der Waals surface area contributed by atoms with E-state index in [2.05, 4.69) is 27.1 Å². The molecule has 2 aromatic rings. The zero-order chi connectivity index (χ0) is 14.8. The Balaban J connectivity index is 1.94. The van der Waals surface area contributed by atoms with Crippen LogP contribution in [0, 0.1) is 11.3 Å². The Bertz CT molecular complexity index is 696. The number of benzene rings is 1. The van der Waals surface area contributed by atoms with Crippen LogP contribution in [0.3, 0.4) is 0 Å². The lowest BCUT2D eigenvalue weighted by atomic mass is 10.0. The Morgan fingerprint density at radius 3 is 2.81 bits per heavy atom. The van der Waals surface area contributed by atoms with Gasteiger partial charge in [0.2, 0.25) is 0 Å².